The van der Waals surface area contributed by atoms with E-state index in [1.165, 1.54) is 17.7 Å². The van der Waals surface area contributed by atoms with Gasteiger partial charge < -0.3 is 9.47 Å². The molecule has 0 saturated carbocycles. The average Bonchev–Trinajstić information content (AvgIpc) is 2.99. The van der Waals surface area contributed by atoms with Gasteiger partial charge in [-0.1, -0.05) is 23.3 Å². The van der Waals surface area contributed by atoms with E-state index in [0.29, 0.717) is 0 Å². The normalized spacial score (nSPS) is 25.1. The fourth-order valence-corrected chi connectivity index (χ4v) is 4.05. The molecule has 7 heteroatoms. The van der Waals surface area contributed by atoms with Gasteiger partial charge >= 0.3 is 11.9 Å². The van der Waals surface area contributed by atoms with E-state index >= 15 is 0 Å². The van der Waals surface area contributed by atoms with Crippen LogP contribution in [0.3, 0.4) is 0 Å². The molecule has 0 radical (unpaired) electrons. The first-order valence-corrected chi connectivity index (χ1v) is 10.5. The van der Waals surface area contributed by atoms with E-state index in [1.54, 1.807) is 6.08 Å². The third-order valence-corrected chi connectivity index (χ3v) is 5.73. The van der Waals surface area contributed by atoms with Gasteiger partial charge in [0.15, 0.2) is 5.78 Å². The first-order valence-electron chi connectivity index (χ1n) is 10.5. The van der Waals surface area contributed by atoms with Crippen molar-refractivity contribution in [3.05, 3.63) is 70.8 Å². The minimum absolute atomic E-state index is 0.0156. The third-order valence-electron chi connectivity index (χ3n) is 5.73. The molecule has 170 valence electrons. The lowest BCUT2D eigenvalue weighted by Crippen LogP contribution is -2.43. The molecule has 1 aromatic rings. The van der Waals surface area contributed by atoms with Crippen molar-refractivity contribution in [2.24, 2.45) is 5.41 Å². The number of hydrogen-bond acceptors (Lipinski definition) is 5. The topological polar surface area (TPSA) is 69.7 Å². The molecule has 1 aromatic carbocycles. The van der Waals surface area contributed by atoms with Gasteiger partial charge in [0.1, 0.15) is 29.4 Å². The fraction of sp³-hybridized carbons (Fsp3) is 0.400. The molecule has 1 aliphatic heterocycles. The number of benzene rings is 1. The van der Waals surface area contributed by atoms with Gasteiger partial charge in [-0.15, -0.1) is 0 Å². The van der Waals surface area contributed by atoms with Crippen molar-refractivity contribution in [3.8, 4) is 0 Å². The Kier molecular flexibility index (Phi) is 7.06. The SMILES string of the molecule is CC(C)=CCC/C(C)=C/[C@H]1OC(=O)C[C@]12C[C@H](OC(=O)c1c(F)cccc1F)C=CC2=O. The Balaban J connectivity index is 1.80. The molecule has 5 nitrogen and oxygen atoms in total. The maximum Gasteiger partial charge on any atom is 0.344 e. The summed E-state index contributed by atoms with van der Waals surface area (Å²) in [4.78, 5) is 37.4. The van der Waals surface area contributed by atoms with Crippen molar-refractivity contribution < 1.29 is 32.6 Å². The molecule has 1 spiro atoms. The lowest BCUT2D eigenvalue weighted by atomic mass is 9.69. The van der Waals surface area contributed by atoms with Gasteiger partial charge in [-0.2, -0.15) is 0 Å². The highest BCUT2D eigenvalue weighted by atomic mass is 19.1. The lowest BCUT2D eigenvalue weighted by Gasteiger charge is -2.34. The number of allylic oxidation sites excluding steroid dienone is 4. The zero-order valence-corrected chi connectivity index (χ0v) is 18.3. The van der Waals surface area contributed by atoms with Crippen LogP contribution >= 0.6 is 0 Å². The summed E-state index contributed by atoms with van der Waals surface area (Å²) in [5.41, 5.74) is 0.149. The van der Waals surface area contributed by atoms with Crippen LogP contribution in [-0.4, -0.2) is 29.9 Å². The number of carbonyl (C=O) groups is 3. The first-order chi connectivity index (χ1) is 15.1. The van der Waals surface area contributed by atoms with Crippen LogP contribution in [0.4, 0.5) is 8.78 Å². The maximum absolute atomic E-state index is 13.9. The summed E-state index contributed by atoms with van der Waals surface area (Å²) >= 11 is 0. The molecule has 1 fully saturated rings. The van der Waals surface area contributed by atoms with Gasteiger partial charge in [0.05, 0.1) is 11.8 Å². The van der Waals surface area contributed by atoms with E-state index in [0.717, 1.165) is 36.6 Å². The number of cyclic esters (lactones) is 1. The molecule has 3 rings (SSSR count). The monoisotopic (exact) mass is 444 g/mol. The van der Waals surface area contributed by atoms with Crippen LogP contribution in [0.1, 0.15) is 56.8 Å². The number of ether oxygens (including phenoxy) is 2. The minimum atomic E-state index is -1.22. The van der Waals surface area contributed by atoms with Crippen LogP contribution in [0.5, 0.6) is 0 Å². The number of esters is 2. The summed E-state index contributed by atoms with van der Waals surface area (Å²) in [5, 5.41) is 0. The van der Waals surface area contributed by atoms with Gasteiger partial charge in [0, 0.05) is 6.42 Å². The van der Waals surface area contributed by atoms with E-state index < -0.39 is 46.8 Å². The van der Waals surface area contributed by atoms with Crippen LogP contribution in [0.15, 0.2) is 53.6 Å². The quantitative estimate of drug-likeness (QED) is 0.456. The Morgan fingerprint density at radius 3 is 2.56 bits per heavy atom. The van der Waals surface area contributed by atoms with Crippen molar-refractivity contribution in [3.63, 3.8) is 0 Å². The smallest absolute Gasteiger partial charge is 0.344 e. The molecule has 2 aliphatic rings. The predicted molar refractivity (Wildman–Crippen MR) is 114 cm³/mol. The highest BCUT2D eigenvalue weighted by Crippen LogP contribution is 2.45. The molecular formula is C25H26F2O5. The number of carbonyl (C=O) groups excluding carboxylic acids is 3. The van der Waals surface area contributed by atoms with Crippen LogP contribution in [-0.2, 0) is 19.1 Å². The maximum atomic E-state index is 13.9. The molecule has 1 heterocycles. The first kappa shape index (κ1) is 23.6. The number of ketones is 1. The number of rotatable bonds is 6. The second-order valence-corrected chi connectivity index (χ2v) is 8.54. The van der Waals surface area contributed by atoms with Crippen molar-refractivity contribution >= 4 is 17.7 Å². The zero-order chi connectivity index (χ0) is 23.5. The minimum Gasteiger partial charge on any atom is -0.457 e. The van der Waals surface area contributed by atoms with Crippen molar-refractivity contribution in [2.45, 2.75) is 58.7 Å². The summed E-state index contributed by atoms with van der Waals surface area (Å²) in [6, 6.07) is 3.07. The van der Waals surface area contributed by atoms with Gasteiger partial charge in [0.2, 0.25) is 0 Å². The second-order valence-electron chi connectivity index (χ2n) is 8.54. The molecule has 1 saturated heterocycles. The molecule has 0 N–H and O–H groups in total. The molecule has 0 aromatic heterocycles. The molecular weight excluding hydrogens is 418 g/mol. The summed E-state index contributed by atoms with van der Waals surface area (Å²) in [5.74, 6) is -4.06. The highest BCUT2D eigenvalue weighted by Gasteiger charge is 2.55. The van der Waals surface area contributed by atoms with Crippen LogP contribution in [0.2, 0.25) is 0 Å². The summed E-state index contributed by atoms with van der Waals surface area (Å²) in [6.07, 6.45) is 6.15. The van der Waals surface area contributed by atoms with Gasteiger partial charge in [-0.25, -0.2) is 13.6 Å². The predicted octanol–water partition coefficient (Wildman–Crippen LogP) is 5.01. The molecule has 0 amide bonds. The summed E-state index contributed by atoms with van der Waals surface area (Å²) in [6.45, 7) is 5.92. The fourth-order valence-electron chi connectivity index (χ4n) is 4.05. The molecule has 32 heavy (non-hydrogen) atoms. The molecule has 0 unspecified atom stereocenters. The number of halogens is 2. The number of hydrogen-bond donors (Lipinski definition) is 0. The zero-order valence-electron chi connectivity index (χ0n) is 18.3. The Morgan fingerprint density at radius 2 is 1.91 bits per heavy atom. The van der Waals surface area contributed by atoms with Crippen molar-refractivity contribution in [2.75, 3.05) is 0 Å². The van der Waals surface area contributed by atoms with Crippen LogP contribution in [0, 0.1) is 17.0 Å². The highest BCUT2D eigenvalue weighted by molar-refractivity contribution is 6.00. The average molecular weight is 444 g/mol. The van der Waals surface area contributed by atoms with Gasteiger partial charge in [-0.05, 0) is 64.0 Å². The van der Waals surface area contributed by atoms with E-state index in [9.17, 15) is 23.2 Å². The third kappa shape index (κ3) is 5.03. The Morgan fingerprint density at radius 1 is 1.22 bits per heavy atom. The standard InChI is InChI=1S/C25H26F2O5/c1-15(2)6-4-7-16(3)12-21-25(14-22(29)32-21)13-17(10-11-20(25)28)31-24(30)23-18(26)8-5-9-19(23)27/h5-6,8-12,17,21H,4,7,13-14H2,1-3H3/b16-12+/t17-,21-,25+/m1/s1. The van der Waals surface area contributed by atoms with Gasteiger partial charge in [-0.3, -0.25) is 9.59 Å². The van der Waals surface area contributed by atoms with E-state index in [-0.39, 0.29) is 18.6 Å². The van der Waals surface area contributed by atoms with Crippen LogP contribution in [0.25, 0.3) is 0 Å². The molecule has 3 atom stereocenters. The van der Waals surface area contributed by atoms with Crippen molar-refractivity contribution in [1.29, 1.82) is 0 Å². The lowest BCUT2D eigenvalue weighted by molar-refractivity contribution is -0.140. The van der Waals surface area contributed by atoms with Gasteiger partial charge in [0.25, 0.3) is 0 Å². The van der Waals surface area contributed by atoms with E-state index in [2.05, 4.69) is 6.08 Å². The van der Waals surface area contributed by atoms with Crippen LogP contribution < -0.4 is 0 Å². The Labute approximate surface area is 185 Å². The van der Waals surface area contributed by atoms with Crippen molar-refractivity contribution in [1.82, 2.24) is 0 Å². The largest absolute Gasteiger partial charge is 0.457 e. The molecule has 0 bridgehead atoms. The summed E-state index contributed by atoms with van der Waals surface area (Å²) in [7, 11) is 0. The Hall–Kier alpha value is -3.09. The van der Waals surface area contributed by atoms with E-state index in [1.807, 2.05) is 20.8 Å². The second kappa shape index (κ2) is 9.59. The Bertz CT molecular complexity index is 999. The summed E-state index contributed by atoms with van der Waals surface area (Å²) < 4.78 is 38.6. The van der Waals surface area contributed by atoms with E-state index in [4.69, 9.17) is 9.47 Å². The molecule has 1 aliphatic carbocycles.